The van der Waals surface area contributed by atoms with Gasteiger partial charge in [0.15, 0.2) is 17.3 Å². The first-order chi connectivity index (χ1) is 20.1. The van der Waals surface area contributed by atoms with Gasteiger partial charge < -0.3 is 24.3 Å². The number of ketones is 1. The van der Waals surface area contributed by atoms with E-state index in [4.69, 9.17) is 18.9 Å². The summed E-state index contributed by atoms with van der Waals surface area (Å²) in [6, 6.07) is 21.4. The fraction of sp³-hybridized carbons (Fsp3) is 0.242. The van der Waals surface area contributed by atoms with Gasteiger partial charge in [-0.25, -0.2) is 0 Å². The Morgan fingerprint density at radius 1 is 1.02 bits per heavy atom. The highest BCUT2D eigenvalue weighted by molar-refractivity contribution is 6.13. The fourth-order valence-corrected chi connectivity index (χ4v) is 6.36. The van der Waals surface area contributed by atoms with Gasteiger partial charge in [-0.05, 0) is 72.5 Å². The molecule has 1 aromatic heterocycles. The Kier molecular flexibility index (Phi) is 6.11. The zero-order valence-corrected chi connectivity index (χ0v) is 22.7. The smallest absolute Gasteiger partial charge is 0.317 e. The number of nitrogens with zero attached hydrogens (tertiary/aromatic N) is 1. The predicted molar refractivity (Wildman–Crippen MR) is 152 cm³/mol. The molecule has 3 aromatic carbocycles. The predicted octanol–water partition coefficient (Wildman–Crippen LogP) is 5.72. The Hall–Kier alpha value is -4.85. The van der Waals surface area contributed by atoms with Crippen LogP contribution in [0.1, 0.15) is 41.9 Å². The number of ether oxygens (including phenoxy) is 4. The lowest BCUT2D eigenvalue weighted by molar-refractivity contribution is -0.149. The second-order valence-electron chi connectivity index (χ2n) is 10.3. The third-order valence-electron chi connectivity index (χ3n) is 8.20. The highest BCUT2D eigenvalue weighted by Crippen LogP contribution is 2.52. The number of hydrogen-bond acceptors (Lipinski definition) is 8. The number of pyridine rings is 1. The minimum atomic E-state index is -1.00. The van der Waals surface area contributed by atoms with Gasteiger partial charge in [-0.15, -0.1) is 0 Å². The van der Waals surface area contributed by atoms with Crippen LogP contribution in [-0.2, 0) is 14.3 Å². The van der Waals surface area contributed by atoms with Crippen molar-refractivity contribution in [1.82, 2.24) is 4.98 Å². The number of anilines is 1. The first kappa shape index (κ1) is 25.1. The summed E-state index contributed by atoms with van der Waals surface area (Å²) < 4.78 is 22.0. The molecule has 0 radical (unpaired) electrons. The van der Waals surface area contributed by atoms with E-state index in [0.717, 1.165) is 44.7 Å². The molecule has 3 aliphatic rings. The molecule has 0 bridgehead atoms. The van der Waals surface area contributed by atoms with E-state index in [1.165, 1.54) is 7.11 Å². The first-order valence-electron chi connectivity index (χ1n) is 13.7. The standard InChI is InChI=1S/C33H28N2O6/c1-3-39-20-9-6-18(7-10-20)28-22-11-12-24-21(5-4-14-34-24)31(22)35-25-16-23(29(33(37)38-2)32(36)30(25)28)19-8-13-26-27(15-19)41-17-40-26/h4-15,23,28-29,35H,3,16-17H2,1-2H3. The quantitative estimate of drug-likeness (QED) is 0.250. The van der Waals surface area contributed by atoms with Gasteiger partial charge in [0.05, 0.1) is 24.9 Å². The Balaban J connectivity index is 1.41. The van der Waals surface area contributed by atoms with Crippen molar-refractivity contribution in [3.05, 3.63) is 101 Å². The van der Waals surface area contributed by atoms with Crippen LogP contribution >= 0.6 is 0 Å². The van der Waals surface area contributed by atoms with Gasteiger partial charge >= 0.3 is 5.97 Å². The van der Waals surface area contributed by atoms with Gasteiger partial charge in [0, 0.05) is 34.7 Å². The average molecular weight is 549 g/mol. The van der Waals surface area contributed by atoms with Crippen molar-refractivity contribution in [2.45, 2.75) is 25.2 Å². The maximum Gasteiger partial charge on any atom is 0.317 e. The van der Waals surface area contributed by atoms with Crippen LogP contribution in [0.2, 0.25) is 0 Å². The molecule has 8 nitrogen and oxygen atoms in total. The number of benzene rings is 3. The highest BCUT2D eigenvalue weighted by Gasteiger charge is 2.48. The molecule has 7 rings (SSSR count). The molecule has 8 heteroatoms. The number of rotatable bonds is 5. The molecular weight excluding hydrogens is 520 g/mol. The molecule has 3 unspecified atom stereocenters. The summed E-state index contributed by atoms with van der Waals surface area (Å²) in [6.45, 7) is 2.64. The average Bonchev–Trinajstić information content (AvgIpc) is 3.48. The molecule has 0 amide bonds. The SMILES string of the molecule is CCOc1ccc(C2C3=C(CC(c4ccc5c(c4)OCO5)C(C(=O)OC)C3=O)Nc3c2ccc2ncccc32)cc1. The summed E-state index contributed by atoms with van der Waals surface area (Å²) >= 11 is 0. The number of carbonyl (C=O) groups is 2. The second-order valence-corrected chi connectivity index (χ2v) is 10.3. The van der Waals surface area contributed by atoms with E-state index in [-0.39, 0.29) is 18.5 Å². The maximum absolute atomic E-state index is 14.5. The normalized spacial score (nSPS) is 20.7. The molecule has 3 heterocycles. The van der Waals surface area contributed by atoms with E-state index >= 15 is 0 Å². The highest BCUT2D eigenvalue weighted by atomic mass is 16.7. The summed E-state index contributed by atoms with van der Waals surface area (Å²) in [5.74, 6) is -0.644. The number of esters is 1. The van der Waals surface area contributed by atoms with E-state index in [1.807, 2.05) is 73.7 Å². The third-order valence-corrected chi connectivity index (χ3v) is 8.20. The van der Waals surface area contributed by atoms with E-state index in [0.29, 0.717) is 30.1 Å². The monoisotopic (exact) mass is 548 g/mol. The van der Waals surface area contributed by atoms with Gasteiger partial charge in [-0.1, -0.05) is 24.3 Å². The lowest BCUT2D eigenvalue weighted by Gasteiger charge is -2.39. The molecule has 0 fully saturated rings. The number of methoxy groups -OCH3 is 1. The minimum Gasteiger partial charge on any atom is -0.494 e. The number of nitrogens with one attached hydrogen (secondary N) is 1. The molecule has 1 N–H and O–H groups in total. The molecule has 3 atom stereocenters. The van der Waals surface area contributed by atoms with Crippen LogP contribution in [0.4, 0.5) is 5.69 Å². The number of fused-ring (bicyclic) bond motifs is 4. The zero-order chi connectivity index (χ0) is 28.1. The Labute approximate surface area is 236 Å². The summed E-state index contributed by atoms with van der Waals surface area (Å²) in [5.41, 5.74) is 5.85. The molecule has 0 spiro atoms. The lowest BCUT2D eigenvalue weighted by atomic mass is 9.67. The minimum absolute atomic E-state index is 0.140. The molecule has 2 aliphatic heterocycles. The number of hydrogen-bond donors (Lipinski definition) is 1. The van der Waals surface area contributed by atoms with Crippen LogP contribution < -0.4 is 19.5 Å². The molecule has 0 saturated heterocycles. The summed E-state index contributed by atoms with van der Waals surface area (Å²) in [5, 5.41) is 4.59. The summed E-state index contributed by atoms with van der Waals surface area (Å²) in [6.07, 6.45) is 2.21. The van der Waals surface area contributed by atoms with Crippen LogP contribution in [0, 0.1) is 5.92 Å². The van der Waals surface area contributed by atoms with Crippen LogP contribution in [0.5, 0.6) is 17.2 Å². The van der Waals surface area contributed by atoms with Crippen LogP contribution in [0.25, 0.3) is 10.9 Å². The van der Waals surface area contributed by atoms with Crippen molar-refractivity contribution >= 4 is 28.3 Å². The third kappa shape index (κ3) is 4.09. The molecule has 1 aliphatic carbocycles. The van der Waals surface area contributed by atoms with E-state index < -0.39 is 17.8 Å². The lowest BCUT2D eigenvalue weighted by Crippen LogP contribution is -2.40. The van der Waals surface area contributed by atoms with E-state index in [2.05, 4.69) is 10.3 Å². The summed E-state index contributed by atoms with van der Waals surface area (Å²) in [4.78, 5) is 32.3. The zero-order valence-electron chi connectivity index (χ0n) is 22.7. The van der Waals surface area contributed by atoms with Crippen LogP contribution in [-0.4, -0.2) is 37.2 Å². The number of aromatic nitrogens is 1. The summed E-state index contributed by atoms with van der Waals surface area (Å²) in [7, 11) is 1.33. The van der Waals surface area contributed by atoms with Gasteiger partial charge in [0.2, 0.25) is 6.79 Å². The fourth-order valence-electron chi connectivity index (χ4n) is 6.36. The molecule has 41 heavy (non-hydrogen) atoms. The van der Waals surface area contributed by atoms with Crippen LogP contribution in [0.15, 0.2) is 84.2 Å². The number of allylic oxidation sites excluding steroid dienone is 2. The first-order valence-corrected chi connectivity index (χ1v) is 13.7. The molecule has 206 valence electrons. The van der Waals surface area contributed by atoms with Crippen molar-refractivity contribution in [3.63, 3.8) is 0 Å². The Bertz CT molecular complexity index is 1730. The molecular formula is C33H28N2O6. The van der Waals surface area contributed by atoms with Gasteiger partial charge in [0.25, 0.3) is 0 Å². The number of carbonyl (C=O) groups excluding carboxylic acids is 2. The van der Waals surface area contributed by atoms with E-state index in [1.54, 1.807) is 6.20 Å². The van der Waals surface area contributed by atoms with Gasteiger partial charge in [0.1, 0.15) is 11.7 Å². The van der Waals surface area contributed by atoms with Crippen molar-refractivity contribution < 1.29 is 28.5 Å². The van der Waals surface area contributed by atoms with Crippen molar-refractivity contribution in [2.24, 2.45) is 5.92 Å². The Morgan fingerprint density at radius 2 is 1.83 bits per heavy atom. The maximum atomic E-state index is 14.5. The van der Waals surface area contributed by atoms with Crippen molar-refractivity contribution in [1.29, 1.82) is 0 Å². The largest absolute Gasteiger partial charge is 0.494 e. The van der Waals surface area contributed by atoms with Gasteiger partial charge in [-0.3, -0.25) is 14.6 Å². The van der Waals surface area contributed by atoms with Crippen LogP contribution in [0.3, 0.4) is 0 Å². The van der Waals surface area contributed by atoms with Gasteiger partial charge in [-0.2, -0.15) is 0 Å². The van der Waals surface area contributed by atoms with Crippen molar-refractivity contribution in [2.75, 3.05) is 25.8 Å². The van der Waals surface area contributed by atoms with E-state index in [9.17, 15) is 9.59 Å². The Morgan fingerprint density at radius 3 is 2.63 bits per heavy atom. The topological polar surface area (TPSA) is 96.0 Å². The molecule has 4 aromatic rings. The second kappa shape index (κ2) is 9.96. The van der Waals surface area contributed by atoms with Crippen molar-refractivity contribution in [3.8, 4) is 17.2 Å². The molecule has 0 saturated carbocycles. The number of Topliss-reactive ketones (excluding diaryl/α,β-unsaturated/α-hetero) is 1.